The van der Waals surface area contributed by atoms with Crippen molar-refractivity contribution in [3.05, 3.63) is 47.4 Å². The van der Waals surface area contributed by atoms with Gasteiger partial charge in [0.2, 0.25) is 0 Å². The summed E-state index contributed by atoms with van der Waals surface area (Å²) in [5.41, 5.74) is 7.50. The summed E-state index contributed by atoms with van der Waals surface area (Å²) < 4.78 is 15.8. The molecule has 114 valence electrons. The van der Waals surface area contributed by atoms with Crippen molar-refractivity contribution in [1.29, 1.82) is 0 Å². The fourth-order valence-electron chi connectivity index (χ4n) is 2.45. The van der Waals surface area contributed by atoms with E-state index < -0.39 is 6.10 Å². The van der Waals surface area contributed by atoms with Gasteiger partial charge < -0.3 is 24.7 Å². The number of ether oxygens (including phenoxy) is 2. The van der Waals surface area contributed by atoms with Gasteiger partial charge in [-0.1, -0.05) is 6.07 Å². The van der Waals surface area contributed by atoms with Crippen molar-refractivity contribution in [2.45, 2.75) is 18.9 Å². The normalized spacial score (nSPS) is 13.8. The maximum Gasteiger partial charge on any atom is 0.160 e. The summed E-state index contributed by atoms with van der Waals surface area (Å²) in [6.45, 7) is 2.13. The third-order valence-electron chi connectivity index (χ3n) is 3.69. The molecule has 1 heterocycles. The molecule has 3 N–H and O–H groups in total. The van der Waals surface area contributed by atoms with Crippen LogP contribution >= 0.6 is 0 Å². The van der Waals surface area contributed by atoms with E-state index >= 15 is 0 Å². The lowest BCUT2D eigenvalue weighted by atomic mass is 9.89. The fourth-order valence-corrected chi connectivity index (χ4v) is 2.45. The molecule has 0 spiro atoms. The van der Waals surface area contributed by atoms with Gasteiger partial charge in [0.15, 0.2) is 11.5 Å². The molecule has 2 unspecified atom stereocenters. The molecule has 0 saturated heterocycles. The minimum Gasteiger partial charge on any atom is -0.493 e. The van der Waals surface area contributed by atoms with E-state index in [-0.39, 0.29) is 5.92 Å². The highest BCUT2D eigenvalue weighted by Gasteiger charge is 2.25. The van der Waals surface area contributed by atoms with E-state index in [4.69, 9.17) is 19.6 Å². The minimum absolute atomic E-state index is 0.249. The highest BCUT2D eigenvalue weighted by Crippen LogP contribution is 2.36. The Balaban J connectivity index is 2.35. The molecule has 2 aromatic rings. The first-order valence-corrected chi connectivity index (χ1v) is 6.76. The molecular weight excluding hydrogens is 270 g/mol. The first-order valence-electron chi connectivity index (χ1n) is 6.76. The number of hydrogen-bond acceptors (Lipinski definition) is 5. The van der Waals surface area contributed by atoms with Crippen molar-refractivity contribution < 1.29 is 19.0 Å². The number of benzene rings is 1. The van der Waals surface area contributed by atoms with Crippen LogP contribution in [-0.4, -0.2) is 25.9 Å². The summed E-state index contributed by atoms with van der Waals surface area (Å²) in [7, 11) is 3.16. The maximum absolute atomic E-state index is 10.6. The minimum atomic E-state index is -0.730. The summed E-state index contributed by atoms with van der Waals surface area (Å²) in [5.74, 6) is 1.71. The van der Waals surface area contributed by atoms with Crippen molar-refractivity contribution in [3.8, 4) is 11.5 Å². The van der Waals surface area contributed by atoms with Gasteiger partial charge in [-0.2, -0.15) is 0 Å². The zero-order valence-electron chi connectivity index (χ0n) is 12.5. The van der Waals surface area contributed by atoms with Crippen LogP contribution in [0.1, 0.15) is 28.9 Å². The van der Waals surface area contributed by atoms with Gasteiger partial charge in [0, 0.05) is 18.0 Å². The van der Waals surface area contributed by atoms with Crippen LogP contribution in [0.2, 0.25) is 0 Å². The van der Waals surface area contributed by atoms with E-state index in [0.717, 1.165) is 11.1 Å². The molecule has 5 heteroatoms. The summed E-state index contributed by atoms with van der Waals surface area (Å²) in [5, 5.41) is 10.6. The molecule has 2 rings (SSSR count). The van der Waals surface area contributed by atoms with Crippen LogP contribution in [0.3, 0.4) is 0 Å². The number of methoxy groups -OCH3 is 2. The van der Waals surface area contributed by atoms with E-state index in [1.807, 2.05) is 25.1 Å². The van der Waals surface area contributed by atoms with Crippen LogP contribution in [0.4, 0.5) is 0 Å². The van der Waals surface area contributed by atoms with Gasteiger partial charge in [-0.15, -0.1) is 0 Å². The first-order chi connectivity index (χ1) is 10.1. The number of nitrogens with two attached hydrogens (primary N) is 1. The van der Waals surface area contributed by atoms with Crippen LogP contribution < -0.4 is 15.2 Å². The van der Waals surface area contributed by atoms with Gasteiger partial charge in [-0.3, -0.25) is 0 Å². The summed E-state index contributed by atoms with van der Waals surface area (Å²) >= 11 is 0. The standard InChI is InChI=1S/C16H21NO4/c1-10-12(6-7-21-10)16(18)13(9-17)11-4-5-14(19-2)15(8-11)20-3/h4-8,13,16,18H,9,17H2,1-3H3. The average Bonchev–Trinajstić information content (AvgIpc) is 2.93. The summed E-state index contributed by atoms with van der Waals surface area (Å²) in [6.07, 6.45) is 0.836. The second kappa shape index (κ2) is 6.65. The molecule has 5 nitrogen and oxygen atoms in total. The van der Waals surface area contributed by atoms with E-state index in [9.17, 15) is 5.11 Å². The van der Waals surface area contributed by atoms with Crippen molar-refractivity contribution in [2.75, 3.05) is 20.8 Å². The second-order valence-electron chi connectivity index (χ2n) is 4.83. The molecule has 0 amide bonds. The first kappa shape index (κ1) is 15.4. The van der Waals surface area contributed by atoms with Gasteiger partial charge in [0.05, 0.1) is 26.6 Å². The lowest BCUT2D eigenvalue weighted by Gasteiger charge is -2.22. The van der Waals surface area contributed by atoms with E-state index in [2.05, 4.69) is 0 Å². The molecule has 21 heavy (non-hydrogen) atoms. The molecule has 0 radical (unpaired) electrons. The van der Waals surface area contributed by atoms with E-state index in [0.29, 0.717) is 23.8 Å². The molecule has 0 aliphatic carbocycles. The van der Waals surface area contributed by atoms with Crippen LogP contribution in [0.25, 0.3) is 0 Å². The van der Waals surface area contributed by atoms with Gasteiger partial charge in [-0.25, -0.2) is 0 Å². The predicted octanol–water partition coefficient (Wildman–Crippen LogP) is 2.38. The third-order valence-corrected chi connectivity index (χ3v) is 3.69. The van der Waals surface area contributed by atoms with Gasteiger partial charge in [0.25, 0.3) is 0 Å². The van der Waals surface area contributed by atoms with Crippen molar-refractivity contribution >= 4 is 0 Å². The second-order valence-corrected chi connectivity index (χ2v) is 4.83. The van der Waals surface area contributed by atoms with Crippen LogP contribution in [0.15, 0.2) is 34.9 Å². The Morgan fingerprint density at radius 1 is 1.19 bits per heavy atom. The lowest BCUT2D eigenvalue weighted by Crippen LogP contribution is -2.20. The number of aryl methyl sites for hydroxylation is 1. The maximum atomic E-state index is 10.6. The SMILES string of the molecule is COc1ccc(C(CN)C(O)c2ccoc2C)cc1OC. The van der Waals surface area contributed by atoms with Crippen LogP contribution in [0, 0.1) is 6.92 Å². The number of rotatable bonds is 6. The molecular formula is C16H21NO4. The van der Waals surface area contributed by atoms with Gasteiger partial charge in [-0.05, 0) is 30.7 Å². The number of furan rings is 1. The third kappa shape index (κ3) is 3.04. The molecule has 1 aromatic heterocycles. The Morgan fingerprint density at radius 3 is 2.43 bits per heavy atom. The Bertz CT molecular complexity index is 594. The zero-order valence-corrected chi connectivity index (χ0v) is 12.5. The molecule has 0 aliphatic heterocycles. The number of hydrogen-bond donors (Lipinski definition) is 2. The van der Waals surface area contributed by atoms with Crippen LogP contribution in [0.5, 0.6) is 11.5 Å². The zero-order chi connectivity index (χ0) is 15.4. The molecule has 0 saturated carbocycles. The largest absolute Gasteiger partial charge is 0.493 e. The van der Waals surface area contributed by atoms with E-state index in [1.54, 1.807) is 26.5 Å². The topological polar surface area (TPSA) is 77.9 Å². The van der Waals surface area contributed by atoms with Gasteiger partial charge in [0.1, 0.15) is 5.76 Å². The molecule has 1 aromatic carbocycles. The number of aliphatic hydroxyl groups excluding tert-OH is 1. The summed E-state index contributed by atoms with van der Waals surface area (Å²) in [4.78, 5) is 0. The molecule has 2 atom stereocenters. The van der Waals surface area contributed by atoms with Crippen molar-refractivity contribution in [2.24, 2.45) is 5.73 Å². The van der Waals surface area contributed by atoms with Crippen molar-refractivity contribution in [1.82, 2.24) is 0 Å². The smallest absolute Gasteiger partial charge is 0.160 e. The summed E-state index contributed by atoms with van der Waals surface area (Å²) in [6, 6.07) is 7.31. The quantitative estimate of drug-likeness (QED) is 0.854. The Kier molecular flexibility index (Phi) is 4.88. The highest BCUT2D eigenvalue weighted by molar-refractivity contribution is 5.44. The lowest BCUT2D eigenvalue weighted by molar-refractivity contribution is 0.145. The van der Waals surface area contributed by atoms with Crippen molar-refractivity contribution in [3.63, 3.8) is 0 Å². The Labute approximate surface area is 124 Å². The fraction of sp³-hybridized carbons (Fsp3) is 0.375. The highest BCUT2D eigenvalue weighted by atomic mass is 16.5. The monoisotopic (exact) mass is 291 g/mol. The Hall–Kier alpha value is -1.98. The number of aliphatic hydroxyl groups is 1. The molecule has 0 fully saturated rings. The average molecular weight is 291 g/mol. The van der Waals surface area contributed by atoms with Gasteiger partial charge >= 0.3 is 0 Å². The predicted molar refractivity (Wildman–Crippen MR) is 79.7 cm³/mol. The van der Waals surface area contributed by atoms with Crippen LogP contribution in [-0.2, 0) is 0 Å². The van der Waals surface area contributed by atoms with E-state index in [1.165, 1.54) is 0 Å². The molecule has 0 bridgehead atoms. The Morgan fingerprint density at radius 2 is 1.90 bits per heavy atom. The molecule has 0 aliphatic rings.